The van der Waals surface area contributed by atoms with Crippen LogP contribution >= 0.6 is 11.8 Å². The fraction of sp³-hybridized carbons (Fsp3) is 0.615. The maximum Gasteiger partial charge on any atom is 0.164 e. The lowest BCUT2D eigenvalue weighted by Gasteiger charge is -2.15. The van der Waals surface area contributed by atoms with Crippen LogP contribution in [0, 0.1) is 4.91 Å². The standard InChI is InChI=1S/C13H23N4O3S/c1-14-13(9-18)15-6-7-21-10-12-5-4-11(20-12)8-17(2,3)16-19/h4-5,9,13-15H,6-8,10H2,1-3H3/q+1. The van der Waals surface area contributed by atoms with Crippen LogP contribution in [0.1, 0.15) is 11.5 Å². The van der Waals surface area contributed by atoms with Crippen LogP contribution in [0.3, 0.4) is 0 Å². The Bertz CT molecular complexity index is 450. The molecule has 0 aliphatic rings. The fourth-order valence-corrected chi connectivity index (χ4v) is 2.44. The molecule has 0 amide bonds. The highest BCUT2D eigenvalue weighted by molar-refractivity contribution is 7.98. The van der Waals surface area contributed by atoms with Crippen LogP contribution in [0.5, 0.6) is 0 Å². The minimum atomic E-state index is -0.295. The molecule has 0 bridgehead atoms. The van der Waals surface area contributed by atoms with Crippen molar-refractivity contribution in [2.45, 2.75) is 18.5 Å². The Morgan fingerprint density at radius 1 is 1.43 bits per heavy atom. The largest absolute Gasteiger partial charge is 0.459 e. The average molecular weight is 315 g/mol. The number of carbonyl (C=O) groups excluding carboxylic acids is 1. The zero-order valence-corrected chi connectivity index (χ0v) is 13.5. The molecule has 0 aliphatic carbocycles. The second kappa shape index (κ2) is 8.93. The van der Waals surface area contributed by atoms with Gasteiger partial charge in [0.15, 0.2) is 23.9 Å². The summed E-state index contributed by atoms with van der Waals surface area (Å²) in [6, 6.07) is 3.80. The highest BCUT2D eigenvalue weighted by Crippen LogP contribution is 2.18. The van der Waals surface area contributed by atoms with E-state index < -0.39 is 0 Å². The number of likely N-dealkylation sites (N-methyl/N-ethyl adjacent to an activating group) is 1. The zero-order valence-electron chi connectivity index (χ0n) is 12.7. The number of hydrogen-bond acceptors (Lipinski definition) is 7. The lowest BCUT2D eigenvalue weighted by molar-refractivity contribution is -0.912. The summed E-state index contributed by atoms with van der Waals surface area (Å²) in [4.78, 5) is 21.2. The number of quaternary nitrogens is 1. The Balaban J connectivity index is 2.26. The molecule has 8 heteroatoms. The van der Waals surface area contributed by atoms with Gasteiger partial charge in [-0.25, -0.2) is 0 Å². The van der Waals surface area contributed by atoms with E-state index in [1.165, 1.54) is 0 Å². The molecule has 1 aromatic heterocycles. The van der Waals surface area contributed by atoms with E-state index in [0.717, 1.165) is 35.9 Å². The number of carbonyl (C=O) groups is 1. The molecule has 7 nitrogen and oxygen atoms in total. The van der Waals surface area contributed by atoms with Gasteiger partial charge in [0.05, 0.1) is 19.8 Å². The average Bonchev–Trinajstić information content (AvgIpc) is 2.89. The van der Waals surface area contributed by atoms with Crippen LogP contribution < -0.4 is 10.6 Å². The topological polar surface area (TPSA) is 83.7 Å². The van der Waals surface area contributed by atoms with Crippen molar-refractivity contribution in [1.29, 1.82) is 0 Å². The summed E-state index contributed by atoms with van der Waals surface area (Å²) >= 11 is 1.72. The number of hydrogen-bond donors (Lipinski definition) is 2. The van der Waals surface area contributed by atoms with Crippen molar-refractivity contribution in [2.75, 3.05) is 33.4 Å². The first kappa shape index (κ1) is 17.8. The number of furan rings is 1. The molecule has 21 heavy (non-hydrogen) atoms. The van der Waals surface area contributed by atoms with Crippen molar-refractivity contribution in [2.24, 2.45) is 5.29 Å². The van der Waals surface area contributed by atoms with Gasteiger partial charge in [0.1, 0.15) is 11.9 Å². The second-order valence-corrected chi connectivity index (χ2v) is 6.24. The summed E-state index contributed by atoms with van der Waals surface area (Å²) in [6.07, 6.45) is 0.543. The lowest BCUT2D eigenvalue weighted by atomic mass is 10.4. The van der Waals surface area contributed by atoms with Gasteiger partial charge in [-0.2, -0.15) is 16.4 Å². The maximum atomic E-state index is 10.6. The third-order valence-corrected chi connectivity index (χ3v) is 3.76. The molecule has 0 aromatic carbocycles. The third-order valence-electron chi connectivity index (χ3n) is 2.78. The smallest absolute Gasteiger partial charge is 0.164 e. The third kappa shape index (κ3) is 6.85. The number of aldehydes is 1. The second-order valence-electron chi connectivity index (χ2n) is 5.14. The van der Waals surface area contributed by atoms with Gasteiger partial charge in [-0.3, -0.25) is 10.6 Å². The van der Waals surface area contributed by atoms with Crippen LogP contribution in [0.2, 0.25) is 0 Å². The predicted octanol–water partition coefficient (Wildman–Crippen LogP) is 1.10. The highest BCUT2D eigenvalue weighted by Gasteiger charge is 2.19. The molecule has 0 fully saturated rings. The van der Waals surface area contributed by atoms with E-state index in [4.69, 9.17) is 4.42 Å². The Kier molecular flexibility index (Phi) is 7.58. The first-order valence-corrected chi connectivity index (χ1v) is 7.85. The molecule has 0 saturated heterocycles. The van der Waals surface area contributed by atoms with Crippen LogP contribution in [-0.2, 0) is 17.1 Å². The van der Waals surface area contributed by atoms with Crippen LogP contribution in [-0.4, -0.2) is 50.5 Å². The van der Waals surface area contributed by atoms with Gasteiger partial charge < -0.3 is 9.21 Å². The van der Waals surface area contributed by atoms with Crippen LogP contribution in [0.15, 0.2) is 21.8 Å². The molecule has 1 heterocycles. The maximum absolute atomic E-state index is 10.6. The van der Waals surface area contributed by atoms with Crippen molar-refractivity contribution in [3.8, 4) is 0 Å². The molecular weight excluding hydrogens is 292 g/mol. The molecule has 0 spiro atoms. The minimum Gasteiger partial charge on any atom is -0.459 e. The molecule has 0 saturated carbocycles. The molecule has 2 N–H and O–H groups in total. The van der Waals surface area contributed by atoms with E-state index in [-0.39, 0.29) is 10.8 Å². The van der Waals surface area contributed by atoms with Gasteiger partial charge in [0.2, 0.25) is 0 Å². The lowest BCUT2D eigenvalue weighted by Crippen LogP contribution is -2.42. The molecule has 0 radical (unpaired) electrons. The number of nitrogens with zero attached hydrogens (tertiary/aromatic N) is 2. The predicted molar refractivity (Wildman–Crippen MR) is 83.4 cm³/mol. The summed E-state index contributed by atoms with van der Waals surface area (Å²) in [5.41, 5.74) is 0. The molecule has 118 valence electrons. The van der Waals surface area contributed by atoms with Crippen LogP contribution in [0.4, 0.5) is 0 Å². The quantitative estimate of drug-likeness (QED) is 0.159. The Morgan fingerprint density at radius 3 is 2.76 bits per heavy atom. The monoisotopic (exact) mass is 315 g/mol. The van der Waals surface area contributed by atoms with Crippen molar-refractivity contribution in [3.63, 3.8) is 0 Å². The van der Waals surface area contributed by atoms with Crippen LogP contribution in [0.25, 0.3) is 0 Å². The first-order valence-electron chi connectivity index (χ1n) is 6.70. The van der Waals surface area contributed by atoms with Crippen molar-refractivity contribution < 1.29 is 13.8 Å². The number of rotatable bonds is 11. The normalized spacial score (nSPS) is 13.1. The van der Waals surface area contributed by atoms with Crippen molar-refractivity contribution >= 4 is 18.0 Å². The zero-order chi connectivity index (χ0) is 15.7. The molecular formula is C13H23N4O3S+. The van der Waals surface area contributed by atoms with E-state index >= 15 is 0 Å². The molecule has 1 rings (SSSR count). The summed E-state index contributed by atoms with van der Waals surface area (Å²) in [7, 11) is 5.18. The van der Waals surface area contributed by atoms with E-state index in [1.54, 1.807) is 32.9 Å². The number of thioether (sulfide) groups is 1. The first-order chi connectivity index (χ1) is 10.0. The number of nitrogens with one attached hydrogen (secondary N) is 2. The van der Waals surface area contributed by atoms with E-state index in [9.17, 15) is 9.70 Å². The molecule has 1 atom stereocenters. The summed E-state index contributed by atoms with van der Waals surface area (Å²) in [5, 5.41) is 8.94. The van der Waals surface area contributed by atoms with Gasteiger partial charge in [-0.15, -0.1) is 0 Å². The Morgan fingerprint density at radius 2 is 2.14 bits per heavy atom. The Hall–Kier alpha value is -1.22. The number of nitroso groups, excluding NO2 is 1. The molecule has 1 aromatic rings. The van der Waals surface area contributed by atoms with Crippen molar-refractivity contribution in [1.82, 2.24) is 10.6 Å². The van der Waals surface area contributed by atoms with Gasteiger partial charge >= 0.3 is 0 Å². The van der Waals surface area contributed by atoms with Gasteiger partial charge in [-0.05, 0) is 19.2 Å². The Labute approximate surface area is 129 Å². The minimum absolute atomic E-state index is 0.00111. The van der Waals surface area contributed by atoms with E-state index in [1.807, 2.05) is 12.1 Å². The van der Waals surface area contributed by atoms with Gasteiger partial charge in [-0.1, -0.05) is 4.91 Å². The summed E-state index contributed by atoms with van der Waals surface area (Å²) < 4.78 is 5.67. The van der Waals surface area contributed by atoms with Crippen molar-refractivity contribution in [3.05, 3.63) is 28.6 Å². The summed E-state index contributed by atoms with van der Waals surface area (Å²) in [6.45, 7) is 1.18. The highest BCUT2D eigenvalue weighted by atomic mass is 32.2. The van der Waals surface area contributed by atoms with E-state index in [0.29, 0.717) is 6.54 Å². The summed E-state index contributed by atoms with van der Waals surface area (Å²) in [5.74, 6) is 3.26. The SMILES string of the molecule is CNC(C=O)NCCSCc1ccc(C[N+](C)(C)N=O)o1. The molecule has 0 aliphatic heterocycles. The van der Waals surface area contributed by atoms with Gasteiger partial charge in [0, 0.05) is 12.3 Å². The fourth-order valence-electron chi connectivity index (χ4n) is 1.67. The van der Waals surface area contributed by atoms with E-state index in [2.05, 4.69) is 15.9 Å². The van der Waals surface area contributed by atoms with Gasteiger partial charge in [0.25, 0.3) is 0 Å². The molecule has 1 unspecified atom stereocenters.